The molecule has 1 aromatic heterocycles. The largest absolute Gasteiger partial charge is 0.349 e. The van der Waals surface area contributed by atoms with Crippen molar-refractivity contribution in [2.45, 2.75) is 47.1 Å². The number of hydrogen-bond donors (Lipinski definition) is 1. The second-order valence-electron chi connectivity index (χ2n) is 6.55. The van der Waals surface area contributed by atoms with E-state index >= 15 is 0 Å². The molecular formula is C21H24ClN3O. The Labute approximate surface area is 160 Å². The summed E-state index contributed by atoms with van der Waals surface area (Å²) in [4.78, 5) is 12.3. The first-order chi connectivity index (χ1) is 12.3. The minimum absolute atomic E-state index is 0.0291. The van der Waals surface area contributed by atoms with E-state index in [1.54, 1.807) is 6.08 Å². The molecule has 136 valence electrons. The Kier molecular flexibility index (Phi) is 6.28. The summed E-state index contributed by atoms with van der Waals surface area (Å²) in [6.07, 6.45) is 2.46. The number of rotatable bonds is 5. The van der Waals surface area contributed by atoms with E-state index in [9.17, 15) is 10.1 Å². The van der Waals surface area contributed by atoms with Gasteiger partial charge in [0.15, 0.2) is 0 Å². The number of carbonyl (C=O) groups is 1. The number of aryl methyl sites for hydroxylation is 2. The van der Waals surface area contributed by atoms with Gasteiger partial charge in [0.1, 0.15) is 11.6 Å². The van der Waals surface area contributed by atoms with E-state index < -0.39 is 0 Å². The first-order valence-electron chi connectivity index (χ1n) is 8.66. The van der Waals surface area contributed by atoms with E-state index in [-0.39, 0.29) is 17.5 Å². The predicted octanol–water partition coefficient (Wildman–Crippen LogP) is 4.88. The monoisotopic (exact) mass is 369 g/mol. The Morgan fingerprint density at radius 2 is 2.04 bits per heavy atom. The molecule has 0 bridgehead atoms. The zero-order valence-electron chi connectivity index (χ0n) is 15.9. The number of nitriles is 1. The molecule has 26 heavy (non-hydrogen) atoms. The third-order valence-corrected chi connectivity index (χ3v) is 4.95. The molecule has 0 unspecified atom stereocenters. The van der Waals surface area contributed by atoms with Crippen LogP contribution in [0.5, 0.6) is 0 Å². The highest BCUT2D eigenvalue weighted by Crippen LogP contribution is 2.26. The Morgan fingerprint density at radius 1 is 1.35 bits per heavy atom. The van der Waals surface area contributed by atoms with Gasteiger partial charge in [-0.05, 0) is 69.5 Å². The number of nitrogens with zero attached hydrogens (tertiary/aromatic N) is 2. The van der Waals surface area contributed by atoms with Gasteiger partial charge < -0.3 is 9.88 Å². The molecule has 0 fully saturated rings. The maximum Gasteiger partial charge on any atom is 0.262 e. The van der Waals surface area contributed by atoms with Crippen LogP contribution in [0.25, 0.3) is 11.8 Å². The number of hydrogen-bond acceptors (Lipinski definition) is 2. The summed E-state index contributed by atoms with van der Waals surface area (Å²) in [6.45, 7) is 9.82. The van der Waals surface area contributed by atoms with Gasteiger partial charge in [0.2, 0.25) is 0 Å². The Hall–Kier alpha value is -2.51. The van der Waals surface area contributed by atoms with Crippen LogP contribution in [0.1, 0.15) is 42.8 Å². The van der Waals surface area contributed by atoms with Gasteiger partial charge in [-0.25, -0.2) is 0 Å². The molecule has 1 heterocycles. The molecule has 0 spiro atoms. The molecule has 5 heteroatoms. The lowest BCUT2D eigenvalue weighted by Gasteiger charge is -2.11. The molecule has 1 atom stereocenters. The summed E-state index contributed by atoms with van der Waals surface area (Å²) in [5.74, 6) is -0.343. The molecule has 1 aromatic carbocycles. The molecule has 2 aromatic rings. The van der Waals surface area contributed by atoms with E-state index in [2.05, 4.69) is 9.88 Å². The van der Waals surface area contributed by atoms with Crippen molar-refractivity contribution in [2.24, 2.45) is 0 Å². The van der Waals surface area contributed by atoms with Crippen LogP contribution in [0.15, 0.2) is 29.8 Å². The molecule has 0 saturated heterocycles. The summed E-state index contributed by atoms with van der Waals surface area (Å²) in [5.41, 5.74) is 4.88. The Bertz CT molecular complexity index is 903. The molecule has 2 rings (SSSR count). The van der Waals surface area contributed by atoms with Crippen LogP contribution in [0, 0.1) is 32.1 Å². The number of amides is 1. The van der Waals surface area contributed by atoms with Gasteiger partial charge in [-0.3, -0.25) is 4.79 Å². The number of halogens is 1. The van der Waals surface area contributed by atoms with Gasteiger partial charge in [-0.2, -0.15) is 5.26 Å². The second kappa shape index (κ2) is 8.25. The highest BCUT2D eigenvalue weighted by molar-refractivity contribution is 6.31. The lowest BCUT2D eigenvalue weighted by atomic mass is 10.1. The number of aromatic nitrogens is 1. The fourth-order valence-electron chi connectivity index (χ4n) is 2.76. The maximum absolute atomic E-state index is 12.3. The zero-order chi connectivity index (χ0) is 19.4. The van der Waals surface area contributed by atoms with Gasteiger partial charge >= 0.3 is 0 Å². The van der Waals surface area contributed by atoms with E-state index in [1.807, 2.05) is 65.0 Å². The second-order valence-corrected chi connectivity index (χ2v) is 6.96. The van der Waals surface area contributed by atoms with Gasteiger partial charge in [-0.1, -0.05) is 24.6 Å². The van der Waals surface area contributed by atoms with Crippen molar-refractivity contribution < 1.29 is 4.79 Å². The highest BCUT2D eigenvalue weighted by Gasteiger charge is 2.15. The van der Waals surface area contributed by atoms with Crippen molar-refractivity contribution in [1.82, 2.24) is 9.88 Å². The lowest BCUT2D eigenvalue weighted by Crippen LogP contribution is -2.32. The van der Waals surface area contributed by atoms with E-state index in [0.29, 0.717) is 5.02 Å². The van der Waals surface area contributed by atoms with Gasteiger partial charge in [-0.15, -0.1) is 0 Å². The molecule has 0 aliphatic carbocycles. The van der Waals surface area contributed by atoms with E-state index in [1.165, 1.54) is 0 Å². The van der Waals surface area contributed by atoms with Crippen molar-refractivity contribution in [3.05, 3.63) is 57.4 Å². The Morgan fingerprint density at radius 3 is 2.62 bits per heavy atom. The number of carbonyl (C=O) groups excluding carboxylic acids is 1. The quantitative estimate of drug-likeness (QED) is 0.603. The summed E-state index contributed by atoms with van der Waals surface area (Å²) in [6, 6.07) is 9.92. The fourth-order valence-corrected chi connectivity index (χ4v) is 2.93. The molecule has 0 aliphatic heterocycles. The molecule has 0 saturated carbocycles. The third kappa shape index (κ3) is 4.17. The minimum atomic E-state index is -0.343. The molecule has 1 amide bonds. The predicted molar refractivity (Wildman–Crippen MR) is 106 cm³/mol. The molecule has 0 aliphatic rings. The van der Waals surface area contributed by atoms with Gasteiger partial charge in [0, 0.05) is 28.1 Å². The fraction of sp³-hybridized carbons (Fsp3) is 0.333. The van der Waals surface area contributed by atoms with Crippen LogP contribution < -0.4 is 5.32 Å². The van der Waals surface area contributed by atoms with Crippen molar-refractivity contribution in [3.8, 4) is 11.8 Å². The van der Waals surface area contributed by atoms with Crippen LogP contribution in [0.4, 0.5) is 0 Å². The molecule has 1 N–H and O–H groups in total. The van der Waals surface area contributed by atoms with Crippen molar-refractivity contribution in [1.29, 1.82) is 5.26 Å². The van der Waals surface area contributed by atoms with Crippen LogP contribution in [0.3, 0.4) is 0 Å². The van der Waals surface area contributed by atoms with Crippen LogP contribution in [-0.2, 0) is 4.79 Å². The smallest absolute Gasteiger partial charge is 0.262 e. The first kappa shape index (κ1) is 19.8. The van der Waals surface area contributed by atoms with Gasteiger partial charge in [0.05, 0.1) is 0 Å². The van der Waals surface area contributed by atoms with Crippen molar-refractivity contribution in [3.63, 3.8) is 0 Å². The molecule has 0 radical (unpaired) electrons. The average molecular weight is 370 g/mol. The average Bonchev–Trinajstić information content (AvgIpc) is 2.88. The Balaban J connectivity index is 2.44. The standard InChI is InChI=1S/C21H24ClN3O/c1-6-14(3)24-21(26)18(12-23)10-17-9-15(4)25(16(17)5)19-8-7-13(2)20(22)11-19/h7-11,14H,6H2,1-5H3,(H,24,26)/b18-10+/t14-/m0/s1. The third-order valence-electron chi connectivity index (χ3n) is 4.54. The zero-order valence-corrected chi connectivity index (χ0v) is 16.6. The number of benzene rings is 1. The van der Waals surface area contributed by atoms with Crippen LogP contribution >= 0.6 is 11.6 Å². The minimum Gasteiger partial charge on any atom is -0.349 e. The molecule has 4 nitrogen and oxygen atoms in total. The van der Waals surface area contributed by atoms with Crippen molar-refractivity contribution >= 4 is 23.6 Å². The highest BCUT2D eigenvalue weighted by atomic mass is 35.5. The van der Waals surface area contributed by atoms with Crippen LogP contribution in [-0.4, -0.2) is 16.5 Å². The van der Waals surface area contributed by atoms with E-state index in [0.717, 1.165) is 34.6 Å². The SMILES string of the molecule is CC[C@H](C)NC(=O)/C(C#N)=C/c1cc(C)n(-c2ccc(C)c(Cl)c2)c1C. The van der Waals surface area contributed by atoms with E-state index in [4.69, 9.17) is 11.6 Å². The lowest BCUT2D eigenvalue weighted by molar-refractivity contribution is -0.117. The first-order valence-corrected chi connectivity index (χ1v) is 9.04. The molecular weight excluding hydrogens is 346 g/mol. The summed E-state index contributed by atoms with van der Waals surface area (Å²) < 4.78 is 2.07. The number of nitrogens with one attached hydrogen (secondary N) is 1. The normalized spacial score (nSPS) is 12.6. The van der Waals surface area contributed by atoms with Crippen LogP contribution in [0.2, 0.25) is 5.02 Å². The van der Waals surface area contributed by atoms with Crippen molar-refractivity contribution in [2.75, 3.05) is 0 Å². The summed E-state index contributed by atoms with van der Waals surface area (Å²) in [7, 11) is 0. The topological polar surface area (TPSA) is 57.8 Å². The summed E-state index contributed by atoms with van der Waals surface area (Å²) >= 11 is 6.26. The van der Waals surface area contributed by atoms with Gasteiger partial charge in [0.25, 0.3) is 5.91 Å². The maximum atomic E-state index is 12.3. The summed E-state index contributed by atoms with van der Waals surface area (Å²) in [5, 5.41) is 12.9.